The fraction of sp³-hybridized carbons (Fsp3) is 0.105. The normalized spacial score (nSPS) is 10.2. The van der Waals surface area contributed by atoms with Crippen LogP contribution in [0.1, 0.15) is 15.9 Å². The number of para-hydroxylation sites is 1. The van der Waals surface area contributed by atoms with Gasteiger partial charge in [-0.1, -0.05) is 41.9 Å². The number of hydrogen-bond donors (Lipinski definition) is 2. The highest BCUT2D eigenvalue weighted by atomic mass is 35.5. The lowest BCUT2D eigenvalue weighted by molar-refractivity contribution is 0.102. The molecule has 3 rings (SSSR count). The number of aromatic nitrogens is 2. The average Bonchev–Trinajstić information content (AvgIpc) is 2.68. The number of amides is 1. The van der Waals surface area contributed by atoms with E-state index in [9.17, 15) is 4.79 Å². The van der Waals surface area contributed by atoms with Crippen LogP contribution < -0.4 is 15.4 Å². The fourth-order valence-electron chi connectivity index (χ4n) is 2.36. The smallest absolute Gasteiger partial charge is 0.258 e. The molecule has 0 radical (unpaired) electrons. The van der Waals surface area contributed by atoms with Crippen molar-refractivity contribution in [2.45, 2.75) is 6.54 Å². The van der Waals surface area contributed by atoms with Crippen LogP contribution >= 0.6 is 11.6 Å². The van der Waals surface area contributed by atoms with Crippen molar-refractivity contribution in [3.63, 3.8) is 0 Å². The first-order chi connectivity index (χ1) is 12.7. The highest BCUT2D eigenvalue weighted by Crippen LogP contribution is 2.19. The van der Waals surface area contributed by atoms with Gasteiger partial charge < -0.3 is 15.4 Å². The Bertz CT molecular complexity index is 900. The molecule has 1 heterocycles. The number of anilines is 2. The van der Waals surface area contributed by atoms with Crippen molar-refractivity contribution in [2.75, 3.05) is 17.7 Å². The van der Waals surface area contributed by atoms with Crippen molar-refractivity contribution < 1.29 is 9.53 Å². The van der Waals surface area contributed by atoms with E-state index in [1.165, 1.54) is 0 Å². The molecule has 3 aromatic rings. The third kappa shape index (κ3) is 4.29. The lowest BCUT2D eigenvalue weighted by Crippen LogP contribution is -2.14. The largest absolute Gasteiger partial charge is 0.496 e. The summed E-state index contributed by atoms with van der Waals surface area (Å²) in [6, 6.07) is 18.0. The zero-order chi connectivity index (χ0) is 18.4. The van der Waals surface area contributed by atoms with Gasteiger partial charge in [0.1, 0.15) is 11.6 Å². The first kappa shape index (κ1) is 17.7. The second-order valence-corrected chi connectivity index (χ2v) is 5.81. The molecule has 132 valence electrons. The number of nitrogens with zero attached hydrogens (tertiary/aromatic N) is 2. The summed E-state index contributed by atoms with van der Waals surface area (Å²) in [6.45, 7) is 0.546. The van der Waals surface area contributed by atoms with Crippen LogP contribution in [0.25, 0.3) is 0 Å². The molecule has 0 saturated heterocycles. The van der Waals surface area contributed by atoms with E-state index in [2.05, 4.69) is 20.8 Å². The van der Waals surface area contributed by atoms with Gasteiger partial charge >= 0.3 is 0 Å². The summed E-state index contributed by atoms with van der Waals surface area (Å²) < 4.78 is 5.31. The van der Waals surface area contributed by atoms with Gasteiger partial charge in [0.05, 0.1) is 17.7 Å². The summed E-state index contributed by atoms with van der Waals surface area (Å²) in [4.78, 5) is 12.2. The average molecular weight is 369 g/mol. The maximum Gasteiger partial charge on any atom is 0.258 e. The van der Waals surface area contributed by atoms with Crippen molar-refractivity contribution in [3.8, 4) is 5.75 Å². The molecule has 0 aliphatic rings. The second kappa shape index (κ2) is 8.31. The van der Waals surface area contributed by atoms with Crippen LogP contribution in [-0.2, 0) is 6.54 Å². The van der Waals surface area contributed by atoms with Crippen LogP contribution in [0.5, 0.6) is 5.75 Å². The third-order valence-electron chi connectivity index (χ3n) is 3.68. The Morgan fingerprint density at radius 2 is 1.69 bits per heavy atom. The molecule has 1 aromatic heterocycles. The molecule has 1 amide bonds. The molecule has 0 spiro atoms. The number of rotatable bonds is 6. The molecule has 0 atom stereocenters. The molecule has 7 heteroatoms. The number of ether oxygens (including phenoxy) is 1. The highest BCUT2D eigenvalue weighted by Gasteiger charge is 2.10. The Balaban J connectivity index is 1.62. The molecule has 2 N–H and O–H groups in total. The van der Waals surface area contributed by atoms with Crippen LogP contribution in [0, 0.1) is 0 Å². The van der Waals surface area contributed by atoms with Crippen LogP contribution in [0.4, 0.5) is 11.6 Å². The van der Waals surface area contributed by atoms with Crippen molar-refractivity contribution in [2.24, 2.45) is 0 Å². The molecule has 0 saturated carbocycles. The minimum atomic E-state index is -0.334. The van der Waals surface area contributed by atoms with E-state index in [0.29, 0.717) is 28.8 Å². The molecule has 6 nitrogen and oxygen atoms in total. The van der Waals surface area contributed by atoms with Crippen molar-refractivity contribution in [3.05, 3.63) is 76.8 Å². The van der Waals surface area contributed by atoms with E-state index in [0.717, 1.165) is 11.3 Å². The number of hydrogen-bond acceptors (Lipinski definition) is 5. The van der Waals surface area contributed by atoms with Crippen LogP contribution in [0.3, 0.4) is 0 Å². The van der Waals surface area contributed by atoms with Crippen LogP contribution in [-0.4, -0.2) is 23.2 Å². The lowest BCUT2D eigenvalue weighted by atomic mass is 10.2. The Kier molecular flexibility index (Phi) is 5.66. The molecule has 0 bridgehead atoms. The number of methoxy groups -OCH3 is 1. The summed E-state index contributed by atoms with van der Waals surface area (Å²) in [7, 11) is 1.63. The number of carbonyl (C=O) groups excluding carboxylic acids is 1. The quantitative estimate of drug-likeness (QED) is 0.687. The van der Waals surface area contributed by atoms with Gasteiger partial charge in [-0.2, -0.15) is 0 Å². The van der Waals surface area contributed by atoms with Gasteiger partial charge in [0.25, 0.3) is 5.91 Å². The maximum absolute atomic E-state index is 12.2. The number of nitrogens with one attached hydrogen (secondary N) is 2. The topological polar surface area (TPSA) is 76.1 Å². The van der Waals surface area contributed by atoms with E-state index in [-0.39, 0.29) is 5.91 Å². The zero-order valence-electron chi connectivity index (χ0n) is 14.1. The molecular formula is C19H17ClN4O2. The summed E-state index contributed by atoms with van der Waals surface area (Å²) in [5.74, 6) is 1.40. The van der Waals surface area contributed by atoms with E-state index in [1.54, 1.807) is 43.5 Å². The van der Waals surface area contributed by atoms with Gasteiger partial charge in [-0.3, -0.25) is 4.79 Å². The first-order valence-corrected chi connectivity index (χ1v) is 8.30. The molecule has 0 aliphatic carbocycles. The van der Waals surface area contributed by atoms with E-state index < -0.39 is 0 Å². The monoisotopic (exact) mass is 368 g/mol. The van der Waals surface area contributed by atoms with Crippen LogP contribution in [0.15, 0.2) is 60.7 Å². The van der Waals surface area contributed by atoms with E-state index in [1.807, 2.05) is 24.3 Å². The maximum atomic E-state index is 12.2. The predicted molar refractivity (Wildman–Crippen MR) is 102 cm³/mol. The van der Waals surface area contributed by atoms with Gasteiger partial charge in [-0.25, -0.2) is 0 Å². The fourth-order valence-corrected chi connectivity index (χ4v) is 2.58. The van der Waals surface area contributed by atoms with Gasteiger partial charge in [0.2, 0.25) is 0 Å². The summed E-state index contributed by atoms with van der Waals surface area (Å²) in [5.41, 5.74) is 1.39. The summed E-state index contributed by atoms with van der Waals surface area (Å²) in [6.07, 6.45) is 0. The van der Waals surface area contributed by atoms with Crippen molar-refractivity contribution in [1.82, 2.24) is 10.2 Å². The van der Waals surface area contributed by atoms with Crippen LogP contribution in [0.2, 0.25) is 5.02 Å². The highest BCUT2D eigenvalue weighted by molar-refractivity contribution is 6.34. The van der Waals surface area contributed by atoms with Gasteiger partial charge in [0.15, 0.2) is 5.82 Å². The van der Waals surface area contributed by atoms with Gasteiger partial charge in [-0.15, -0.1) is 10.2 Å². The number of halogens is 1. The molecule has 0 aliphatic heterocycles. The minimum absolute atomic E-state index is 0.334. The Labute approximate surface area is 156 Å². The Morgan fingerprint density at radius 1 is 1.00 bits per heavy atom. The van der Waals surface area contributed by atoms with Crippen molar-refractivity contribution >= 4 is 29.1 Å². The number of carbonyl (C=O) groups is 1. The molecule has 2 aromatic carbocycles. The third-order valence-corrected chi connectivity index (χ3v) is 4.01. The van der Waals surface area contributed by atoms with Gasteiger partial charge in [0, 0.05) is 12.1 Å². The summed E-state index contributed by atoms with van der Waals surface area (Å²) >= 11 is 6.02. The minimum Gasteiger partial charge on any atom is -0.496 e. The van der Waals surface area contributed by atoms with E-state index in [4.69, 9.17) is 16.3 Å². The Hall–Kier alpha value is -3.12. The predicted octanol–water partition coefficient (Wildman–Crippen LogP) is 4.00. The lowest BCUT2D eigenvalue weighted by Gasteiger charge is -2.10. The Morgan fingerprint density at radius 3 is 2.42 bits per heavy atom. The first-order valence-electron chi connectivity index (χ1n) is 7.93. The van der Waals surface area contributed by atoms with E-state index >= 15 is 0 Å². The SMILES string of the molecule is COc1ccccc1CNc1ccc(NC(=O)c2ccccc2Cl)nn1. The molecular weight excluding hydrogens is 352 g/mol. The standard InChI is InChI=1S/C19H17ClN4O2/c1-26-16-9-5-2-6-13(16)12-21-17-10-11-18(24-23-17)22-19(25)14-7-3-4-8-15(14)20/h2-11H,12H2,1H3,(H,21,23)(H,22,24,25). The number of benzene rings is 2. The summed E-state index contributed by atoms with van der Waals surface area (Å²) in [5, 5.41) is 14.3. The second-order valence-electron chi connectivity index (χ2n) is 5.40. The van der Waals surface area contributed by atoms with Crippen molar-refractivity contribution in [1.29, 1.82) is 0 Å². The molecule has 0 fully saturated rings. The molecule has 26 heavy (non-hydrogen) atoms. The zero-order valence-corrected chi connectivity index (χ0v) is 14.8. The van der Waals surface area contributed by atoms with Gasteiger partial charge in [-0.05, 0) is 30.3 Å². The molecule has 0 unspecified atom stereocenters.